The number of nitrogens with zero attached hydrogens (tertiary/aromatic N) is 3. The fourth-order valence-corrected chi connectivity index (χ4v) is 4.28. The molecule has 1 saturated heterocycles. The topological polar surface area (TPSA) is 29.0 Å². The Morgan fingerprint density at radius 2 is 2.35 bits per heavy atom. The van der Waals surface area contributed by atoms with Gasteiger partial charge in [0.15, 0.2) is 0 Å². The molecule has 1 atom stereocenters. The second-order valence-electron chi connectivity index (χ2n) is 5.30. The molecule has 5 heteroatoms. The lowest BCUT2D eigenvalue weighted by Gasteiger charge is -2.26. The first-order valence-electron chi connectivity index (χ1n) is 7.39. The van der Waals surface area contributed by atoms with Gasteiger partial charge in [0.1, 0.15) is 17.0 Å². The minimum Gasteiger partial charge on any atom is -0.353 e. The molecule has 2 aromatic rings. The zero-order chi connectivity index (χ0) is 13.9. The molecule has 1 fully saturated rings. The van der Waals surface area contributed by atoms with E-state index in [2.05, 4.69) is 43.8 Å². The lowest BCUT2D eigenvalue weighted by Crippen LogP contribution is -2.30. The SMILES string of the molecule is CCc1cc2c(N3CCCC3CCCBr)ncnc2s1. The Balaban J connectivity index is 1.94. The van der Waals surface area contributed by atoms with Crippen molar-refractivity contribution < 1.29 is 0 Å². The van der Waals surface area contributed by atoms with Crippen molar-refractivity contribution in [2.45, 2.75) is 45.1 Å². The van der Waals surface area contributed by atoms with Crippen LogP contribution in [0.4, 0.5) is 5.82 Å². The second-order valence-corrected chi connectivity index (χ2v) is 7.21. The van der Waals surface area contributed by atoms with Crippen molar-refractivity contribution in [2.75, 3.05) is 16.8 Å². The van der Waals surface area contributed by atoms with E-state index < -0.39 is 0 Å². The summed E-state index contributed by atoms with van der Waals surface area (Å²) >= 11 is 5.35. The Bertz CT molecular complexity index is 584. The number of alkyl halides is 1. The zero-order valence-electron chi connectivity index (χ0n) is 11.8. The molecule has 1 unspecified atom stereocenters. The number of anilines is 1. The van der Waals surface area contributed by atoms with Gasteiger partial charge in [0.05, 0.1) is 5.39 Å². The lowest BCUT2D eigenvalue weighted by molar-refractivity contribution is 0.601. The largest absolute Gasteiger partial charge is 0.353 e. The molecule has 20 heavy (non-hydrogen) atoms. The molecule has 108 valence electrons. The van der Waals surface area contributed by atoms with E-state index in [1.165, 1.54) is 35.9 Å². The maximum absolute atomic E-state index is 4.60. The summed E-state index contributed by atoms with van der Waals surface area (Å²) in [6.07, 6.45) is 7.87. The highest BCUT2D eigenvalue weighted by Gasteiger charge is 2.27. The molecule has 0 aliphatic carbocycles. The van der Waals surface area contributed by atoms with E-state index in [0.29, 0.717) is 6.04 Å². The predicted molar refractivity (Wildman–Crippen MR) is 90.2 cm³/mol. The van der Waals surface area contributed by atoms with Crippen molar-refractivity contribution in [1.82, 2.24) is 9.97 Å². The van der Waals surface area contributed by atoms with E-state index in [0.717, 1.165) is 28.9 Å². The van der Waals surface area contributed by atoms with E-state index in [-0.39, 0.29) is 0 Å². The fourth-order valence-electron chi connectivity index (χ4n) is 3.02. The van der Waals surface area contributed by atoms with Gasteiger partial charge < -0.3 is 4.90 Å². The first-order chi connectivity index (χ1) is 9.83. The van der Waals surface area contributed by atoms with Gasteiger partial charge in [-0.2, -0.15) is 0 Å². The van der Waals surface area contributed by atoms with Crippen LogP contribution in [-0.2, 0) is 6.42 Å². The number of hydrogen-bond donors (Lipinski definition) is 0. The van der Waals surface area contributed by atoms with Crippen molar-refractivity contribution in [2.24, 2.45) is 0 Å². The van der Waals surface area contributed by atoms with Crippen molar-refractivity contribution in [1.29, 1.82) is 0 Å². The van der Waals surface area contributed by atoms with Crippen LogP contribution in [0.2, 0.25) is 0 Å². The van der Waals surface area contributed by atoms with Gasteiger partial charge in [-0.1, -0.05) is 22.9 Å². The summed E-state index contributed by atoms with van der Waals surface area (Å²) in [5.74, 6) is 1.16. The second kappa shape index (κ2) is 6.39. The lowest BCUT2D eigenvalue weighted by atomic mass is 10.1. The molecule has 0 aromatic carbocycles. The van der Waals surface area contributed by atoms with Crippen LogP contribution in [0.5, 0.6) is 0 Å². The number of hydrogen-bond acceptors (Lipinski definition) is 4. The quantitative estimate of drug-likeness (QED) is 0.746. The molecular formula is C15H20BrN3S. The Labute approximate surface area is 132 Å². The highest BCUT2D eigenvalue weighted by atomic mass is 79.9. The van der Waals surface area contributed by atoms with Crippen molar-refractivity contribution in [3.05, 3.63) is 17.3 Å². The average molecular weight is 354 g/mol. The van der Waals surface area contributed by atoms with Gasteiger partial charge >= 0.3 is 0 Å². The fraction of sp³-hybridized carbons (Fsp3) is 0.600. The highest BCUT2D eigenvalue weighted by Crippen LogP contribution is 2.34. The van der Waals surface area contributed by atoms with Crippen LogP contribution in [-0.4, -0.2) is 27.9 Å². The summed E-state index contributed by atoms with van der Waals surface area (Å²) in [6, 6.07) is 2.94. The number of thiophene rings is 1. The van der Waals surface area contributed by atoms with Crippen LogP contribution >= 0.6 is 27.3 Å². The molecule has 0 amide bonds. The average Bonchev–Trinajstić information content (AvgIpc) is 3.10. The molecule has 0 N–H and O–H groups in total. The van der Waals surface area contributed by atoms with Gasteiger partial charge in [0.25, 0.3) is 0 Å². The van der Waals surface area contributed by atoms with Crippen LogP contribution in [0.3, 0.4) is 0 Å². The highest BCUT2D eigenvalue weighted by molar-refractivity contribution is 9.09. The molecule has 0 bridgehead atoms. The first kappa shape index (κ1) is 14.3. The number of halogens is 1. The maximum Gasteiger partial charge on any atom is 0.141 e. The van der Waals surface area contributed by atoms with Crippen LogP contribution in [0.25, 0.3) is 10.2 Å². The van der Waals surface area contributed by atoms with Crippen LogP contribution in [0.1, 0.15) is 37.5 Å². The molecule has 3 rings (SSSR count). The summed E-state index contributed by atoms with van der Waals surface area (Å²) in [6.45, 7) is 3.34. The van der Waals surface area contributed by atoms with Crippen molar-refractivity contribution in [3.8, 4) is 0 Å². The van der Waals surface area contributed by atoms with E-state index in [1.54, 1.807) is 17.7 Å². The minimum absolute atomic E-state index is 0.649. The van der Waals surface area contributed by atoms with Gasteiger partial charge in [-0.15, -0.1) is 11.3 Å². The Kier molecular flexibility index (Phi) is 4.56. The molecule has 1 aliphatic rings. The summed E-state index contributed by atoms with van der Waals surface area (Å²) in [7, 11) is 0. The summed E-state index contributed by atoms with van der Waals surface area (Å²) in [5, 5.41) is 2.34. The summed E-state index contributed by atoms with van der Waals surface area (Å²) < 4.78 is 0. The van der Waals surface area contributed by atoms with Gasteiger partial charge in [-0.05, 0) is 38.2 Å². The third-order valence-electron chi connectivity index (χ3n) is 4.03. The number of fused-ring (bicyclic) bond motifs is 1. The molecule has 3 heterocycles. The Morgan fingerprint density at radius 3 is 3.15 bits per heavy atom. The Morgan fingerprint density at radius 1 is 1.45 bits per heavy atom. The normalized spacial score (nSPS) is 19.1. The molecule has 0 radical (unpaired) electrons. The predicted octanol–water partition coefficient (Wildman–Crippen LogP) is 4.40. The third-order valence-corrected chi connectivity index (χ3v) is 5.78. The van der Waals surface area contributed by atoms with Crippen LogP contribution in [0.15, 0.2) is 12.4 Å². The van der Waals surface area contributed by atoms with Gasteiger partial charge in [0.2, 0.25) is 0 Å². The van der Waals surface area contributed by atoms with Crippen LogP contribution < -0.4 is 4.90 Å². The van der Waals surface area contributed by atoms with Crippen molar-refractivity contribution >= 4 is 43.3 Å². The number of aryl methyl sites for hydroxylation is 1. The Hall–Kier alpha value is -0.680. The first-order valence-corrected chi connectivity index (χ1v) is 9.33. The van der Waals surface area contributed by atoms with Crippen molar-refractivity contribution in [3.63, 3.8) is 0 Å². The van der Waals surface area contributed by atoms with Gasteiger partial charge in [-0.3, -0.25) is 0 Å². The molecule has 3 nitrogen and oxygen atoms in total. The van der Waals surface area contributed by atoms with E-state index >= 15 is 0 Å². The van der Waals surface area contributed by atoms with E-state index in [9.17, 15) is 0 Å². The smallest absolute Gasteiger partial charge is 0.141 e. The van der Waals surface area contributed by atoms with E-state index in [4.69, 9.17) is 0 Å². The van der Waals surface area contributed by atoms with Crippen LogP contribution in [0, 0.1) is 0 Å². The molecule has 0 saturated carbocycles. The monoisotopic (exact) mass is 353 g/mol. The minimum atomic E-state index is 0.649. The standard InChI is InChI=1S/C15H20BrN3S/c1-2-12-9-13-14(17-10-18-15(13)20-12)19-8-4-6-11(19)5-3-7-16/h9-11H,2-8H2,1H3. The number of aromatic nitrogens is 2. The summed E-state index contributed by atoms with van der Waals surface area (Å²) in [5.41, 5.74) is 0. The third kappa shape index (κ3) is 2.70. The molecule has 0 spiro atoms. The molecule has 1 aliphatic heterocycles. The summed E-state index contributed by atoms with van der Waals surface area (Å²) in [4.78, 5) is 14.1. The zero-order valence-corrected chi connectivity index (χ0v) is 14.2. The maximum atomic E-state index is 4.60. The molecular weight excluding hydrogens is 334 g/mol. The number of rotatable bonds is 5. The van der Waals surface area contributed by atoms with Gasteiger partial charge in [0, 0.05) is 22.8 Å². The molecule has 2 aromatic heterocycles. The van der Waals surface area contributed by atoms with Gasteiger partial charge in [-0.25, -0.2) is 9.97 Å². The van der Waals surface area contributed by atoms with E-state index in [1.807, 2.05) is 0 Å².